The first kappa shape index (κ1) is 11.1. The fourth-order valence-electron chi connectivity index (χ4n) is 0.983. The van der Waals surface area contributed by atoms with Gasteiger partial charge in [-0.1, -0.05) is 29.3 Å². The Hall–Kier alpha value is 0.0500. The second-order valence-electron chi connectivity index (χ2n) is 2.87. The molecule has 0 radical (unpaired) electrons. The van der Waals surface area contributed by atoms with Crippen LogP contribution in [0.4, 0.5) is 0 Å². The number of alkyl halides is 1. The lowest BCUT2D eigenvalue weighted by molar-refractivity contribution is 0.382. The second kappa shape index (κ2) is 5.06. The van der Waals surface area contributed by atoms with Crippen LogP contribution in [0.15, 0.2) is 18.2 Å². The van der Waals surface area contributed by atoms with Crippen LogP contribution in [0.2, 0.25) is 10.0 Å². The highest BCUT2D eigenvalue weighted by Gasteiger charge is 2.03. The third-order valence-corrected chi connectivity index (χ3v) is 2.65. The summed E-state index contributed by atoms with van der Waals surface area (Å²) in [5.41, 5.74) is 1.04. The van der Waals surface area contributed by atoms with Crippen LogP contribution in [-0.4, -0.2) is 18.0 Å². The summed E-state index contributed by atoms with van der Waals surface area (Å²) in [7, 11) is 1.93. The van der Waals surface area contributed by atoms with E-state index in [4.69, 9.17) is 34.8 Å². The molecule has 0 bridgehead atoms. The lowest BCUT2D eigenvalue weighted by atomic mass is 10.2. The third-order valence-electron chi connectivity index (χ3n) is 1.66. The number of rotatable bonds is 3. The average Bonchev–Trinajstić information content (AvgIpc) is 2.09. The van der Waals surface area contributed by atoms with E-state index in [0.29, 0.717) is 16.0 Å². The Morgan fingerprint density at radius 3 is 2.54 bits per heavy atom. The van der Waals surface area contributed by atoms with Gasteiger partial charge in [-0.15, -0.1) is 11.6 Å². The molecule has 72 valence electrons. The predicted molar refractivity (Wildman–Crippen MR) is 58.6 cm³/mol. The number of nitrogens with zero attached hydrogens (tertiary/aromatic N) is 1. The van der Waals surface area contributed by atoms with Gasteiger partial charge in [0.05, 0.1) is 6.00 Å². The zero-order chi connectivity index (χ0) is 9.84. The summed E-state index contributed by atoms with van der Waals surface area (Å²) in [4.78, 5) is 1.96. The van der Waals surface area contributed by atoms with Crippen molar-refractivity contribution in [3.8, 4) is 0 Å². The molecule has 1 rings (SSSR count). The van der Waals surface area contributed by atoms with Gasteiger partial charge in [0, 0.05) is 16.6 Å². The first-order chi connectivity index (χ1) is 6.13. The average molecular weight is 239 g/mol. The van der Waals surface area contributed by atoms with E-state index in [1.807, 2.05) is 24.1 Å². The molecule has 0 N–H and O–H groups in total. The molecule has 0 saturated carbocycles. The molecule has 0 unspecified atom stereocenters. The van der Waals surface area contributed by atoms with Gasteiger partial charge < -0.3 is 0 Å². The summed E-state index contributed by atoms with van der Waals surface area (Å²) >= 11 is 17.4. The van der Waals surface area contributed by atoms with Crippen LogP contribution in [0.5, 0.6) is 0 Å². The molecule has 0 spiro atoms. The molecule has 0 aliphatic carbocycles. The summed E-state index contributed by atoms with van der Waals surface area (Å²) < 4.78 is 0. The molecule has 0 atom stereocenters. The van der Waals surface area contributed by atoms with Crippen LogP contribution in [-0.2, 0) is 6.54 Å². The van der Waals surface area contributed by atoms with Crippen molar-refractivity contribution in [1.29, 1.82) is 0 Å². The SMILES string of the molecule is CN(CCl)Cc1ccc(Cl)cc1Cl. The molecule has 0 aliphatic rings. The van der Waals surface area contributed by atoms with Crippen LogP contribution in [0, 0.1) is 0 Å². The Morgan fingerprint density at radius 1 is 1.31 bits per heavy atom. The molecule has 13 heavy (non-hydrogen) atoms. The van der Waals surface area contributed by atoms with Crippen molar-refractivity contribution >= 4 is 34.8 Å². The van der Waals surface area contributed by atoms with Gasteiger partial charge in [-0.05, 0) is 24.7 Å². The fraction of sp³-hybridized carbons (Fsp3) is 0.333. The zero-order valence-corrected chi connectivity index (χ0v) is 9.50. The molecule has 0 aliphatic heterocycles. The smallest absolute Gasteiger partial charge is 0.0738 e. The Bertz CT molecular complexity index is 288. The molecule has 1 aromatic rings. The van der Waals surface area contributed by atoms with E-state index in [9.17, 15) is 0 Å². The molecular formula is C9H10Cl3N. The van der Waals surface area contributed by atoms with Gasteiger partial charge in [-0.3, -0.25) is 4.90 Å². The monoisotopic (exact) mass is 237 g/mol. The van der Waals surface area contributed by atoms with E-state index in [2.05, 4.69) is 0 Å². The normalized spacial score (nSPS) is 10.8. The van der Waals surface area contributed by atoms with Crippen molar-refractivity contribution in [2.75, 3.05) is 13.1 Å². The largest absolute Gasteiger partial charge is 0.289 e. The summed E-state index contributed by atoms with van der Waals surface area (Å²) in [6.07, 6.45) is 0. The Labute approximate surface area is 93.2 Å². The molecule has 1 aromatic carbocycles. The van der Waals surface area contributed by atoms with Crippen LogP contribution < -0.4 is 0 Å². The molecular weight excluding hydrogens is 228 g/mol. The minimum atomic E-state index is 0.485. The van der Waals surface area contributed by atoms with E-state index in [-0.39, 0.29) is 0 Å². The standard InChI is InChI=1S/C9H10Cl3N/c1-13(6-10)5-7-2-3-8(11)4-9(7)12/h2-4H,5-6H2,1H3. The van der Waals surface area contributed by atoms with Crippen molar-refractivity contribution in [2.45, 2.75) is 6.54 Å². The quantitative estimate of drug-likeness (QED) is 0.574. The molecule has 0 aromatic heterocycles. The summed E-state index contributed by atoms with van der Waals surface area (Å²) in [5, 5.41) is 1.34. The fourth-order valence-corrected chi connectivity index (χ4v) is 1.54. The van der Waals surface area contributed by atoms with E-state index in [1.165, 1.54) is 0 Å². The van der Waals surface area contributed by atoms with Gasteiger partial charge in [0.1, 0.15) is 0 Å². The molecule has 0 saturated heterocycles. The second-order valence-corrected chi connectivity index (χ2v) is 3.95. The molecule has 0 amide bonds. The predicted octanol–water partition coefficient (Wildman–Crippen LogP) is 3.62. The number of benzene rings is 1. The zero-order valence-electron chi connectivity index (χ0n) is 7.23. The van der Waals surface area contributed by atoms with E-state index >= 15 is 0 Å². The van der Waals surface area contributed by atoms with Crippen molar-refractivity contribution < 1.29 is 0 Å². The van der Waals surface area contributed by atoms with E-state index in [0.717, 1.165) is 12.1 Å². The van der Waals surface area contributed by atoms with E-state index in [1.54, 1.807) is 6.07 Å². The van der Waals surface area contributed by atoms with Gasteiger partial charge in [0.15, 0.2) is 0 Å². The van der Waals surface area contributed by atoms with E-state index < -0.39 is 0 Å². The lowest BCUT2D eigenvalue weighted by Gasteiger charge is -2.13. The molecule has 4 heteroatoms. The van der Waals surface area contributed by atoms with Crippen LogP contribution in [0.1, 0.15) is 5.56 Å². The van der Waals surface area contributed by atoms with Crippen molar-refractivity contribution in [1.82, 2.24) is 4.90 Å². The van der Waals surface area contributed by atoms with Crippen LogP contribution in [0.3, 0.4) is 0 Å². The maximum atomic E-state index is 5.98. The van der Waals surface area contributed by atoms with Crippen molar-refractivity contribution in [2.24, 2.45) is 0 Å². The molecule has 0 fully saturated rings. The van der Waals surface area contributed by atoms with Crippen molar-refractivity contribution in [3.63, 3.8) is 0 Å². The van der Waals surface area contributed by atoms with Crippen LogP contribution in [0.25, 0.3) is 0 Å². The van der Waals surface area contributed by atoms with Gasteiger partial charge in [0.25, 0.3) is 0 Å². The summed E-state index contributed by atoms with van der Waals surface area (Å²) in [6.45, 7) is 0.736. The highest BCUT2D eigenvalue weighted by Crippen LogP contribution is 2.21. The Morgan fingerprint density at radius 2 is 2.00 bits per heavy atom. The van der Waals surface area contributed by atoms with Gasteiger partial charge in [-0.25, -0.2) is 0 Å². The molecule has 0 heterocycles. The first-order valence-electron chi connectivity index (χ1n) is 3.82. The highest BCUT2D eigenvalue weighted by molar-refractivity contribution is 6.35. The lowest BCUT2D eigenvalue weighted by Crippen LogP contribution is -2.15. The van der Waals surface area contributed by atoms with Crippen LogP contribution >= 0.6 is 34.8 Å². The van der Waals surface area contributed by atoms with Gasteiger partial charge in [-0.2, -0.15) is 0 Å². The minimum Gasteiger partial charge on any atom is -0.289 e. The third kappa shape index (κ3) is 3.35. The number of halogens is 3. The van der Waals surface area contributed by atoms with Crippen molar-refractivity contribution in [3.05, 3.63) is 33.8 Å². The van der Waals surface area contributed by atoms with Gasteiger partial charge >= 0.3 is 0 Å². The topological polar surface area (TPSA) is 3.24 Å². The maximum Gasteiger partial charge on any atom is 0.0738 e. The maximum absolute atomic E-state index is 5.98. The highest BCUT2D eigenvalue weighted by atomic mass is 35.5. The summed E-state index contributed by atoms with van der Waals surface area (Å²) in [6, 6.07) is 5.96. The molecule has 1 nitrogen and oxygen atoms in total. The Balaban J connectivity index is 2.77. The number of hydrogen-bond donors (Lipinski definition) is 0. The number of hydrogen-bond acceptors (Lipinski definition) is 1. The Kier molecular flexibility index (Phi) is 4.33. The minimum absolute atomic E-state index is 0.485. The van der Waals surface area contributed by atoms with Gasteiger partial charge in [0.2, 0.25) is 0 Å². The summed E-state index contributed by atoms with van der Waals surface area (Å²) in [5.74, 6) is 0. The first-order valence-corrected chi connectivity index (χ1v) is 5.11.